The summed E-state index contributed by atoms with van der Waals surface area (Å²) in [6.07, 6.45) is 2.06. The summed E-state index contributed by atoms with van der Waals surface area (Å²) in [6, 6.07) is 16.0. The molecule has 2 aromatic rings. The number of nitrogens with one attached hydrogen (secondary N) is 1. The lowest BCUT2D eigenvalue weighted by Crippen LogP contribution is -2.28. The maximum Gasteiger partial charge on any atom is 0.230 e. The van der Waals surface area contributed by atoms with E-state index in [0.29, 0.717) is 10.8 Å². The van der Waals surface area contributed by atoms with Crippen LogP contribution in [0.15, 0.2) is 53.4 Å². The highest BCUT2D eigenvalue weighted by Crippen LogP contribution is 2.22. The van der Waals surface area contributed by atoms with E-state index in [4.69, 9.17) is 11.6 Å². The molecular formula is C18H20ClNOS2. The first kappa shape index (κ1) is 18.2. The first-order valence-corrected chi connectivity index (χ1v) is 10.1. The Bertz CT molecular complexity index is 646. The average molecular weight is 366 g/mol. The molecule has 2 nitrogen and oxygen atoms in total. The third-order valence-electron chi connectivity index (χ3n) is 3.41. The van der Waals surface area contributed by atoms with Crippen LogP contribution in [0.5, 0.6) is 0 Å². The number of carbonyl (C=O) groups is 1. The van der Waals surface area contributed by atoms with Gasteiger partial charge >= 0.3 is 0 Å². The van der Waals surface area contributed by atoms with Crippen LogP contribution in [0.4, 0.5) is 0 Å². The summed E-state index contributed by atoms with van der Waals surface area (Å²) in [4.78, 5) is 13.3. The minimum Gasteiger partial charge on any atom is -0.349 e. The van der Waals surface area contributed by atoms with Crippen molar-refractivity contribution in [2.24, 2.45) is 0 Å². The van der Waals surface area contributed by atoms with Crippen molar-refractivity contribution < 1.29 is 4.79 Å². The second kappa shape index (κ2) is 9.26. The number of hydrogen-bond donors (Lipinski definition) is 1. The van der Waals surface area contributed by atoms with Gasteiger partial charge in [0.25, 0.3) is 0 Å². The van der Waals surface area contributed by atoms with Crippen LogP contribution in [0.3, 0.4) is 0 Å². The van der Waals surface area contributed by atoms with Crippen molar-refractivity contribution in [3.63, 3.8) is 0 Å². The van der Waals surface area contributed by atoms with Crippen LogP contribution in [0.2, 0.25) is 5.02 Å². The van der Waals surface area contributed by atoms with Gasteiger partial charge in [0.15, 0.2) is 0 Å². The molecule has 0 radical (unpaired) electrons. The third kappa shape index (κ3) is 5.79. The van der Waals surface area contributed by atoms with Gasteiger partial charge in [-0.15, -0.1) is 23.5 Å². The molecule has 0 heterocycles. The molecule has 0 spiro atoms. The van der Waals surface area contributed by atoms with E-state index >= 15 is 0 Å². The Labute approximate surface area is 151 Å². The van der Waals surface area contributed by atoms with E-state index in [1.54, 1.807) is 23.5 Å². The monoisotopic (exact) mass is 365 g/mol. The standard InChI is InChI=1S/C18H20ClNOS2/c1-13(16-5-3-4-6-17(16)19)20-18(21)12-23-11-14-7-9-15(22-2)10-8-14/h3-10,13H,11-12H2,1-2H3,(H,20,21). The minimum atomic E-state index is -0.0855. The fourth-order valence-electron chi connectivity index (χ4n) is 2.17. The van der Waals surface area contributed by atoms with Crippen LogP contribution >= 0.6 is 35.1 Å². The Morgan fingerprint density at radius 3 is 2.52 bits per heavy atom. The Hall–Kier alpha value is -1.10. The Balaban J connectivity index is 1.77. The van der Waals surface area contributed by atoms with Crippen molar-refractivity contribution in [1.82, 2.24) is 5.32 Å². The molecule has 1 atom stereocenters. The van der Waals surface area contributed by atoms with Gasteiger partial charge in [0, 0.05) is 15.7 Å². The first-order chi connectivity index (χ1) is 11.1. The molecular weight excluding hydrogens is 346 g/mol. The van der Waals surface area contributed by atoms with Crippen LogP contribution in [0, 0.1) is 0 Å². The molecule has 23 heavy (non-hydrogen) atoms. The number of amides is 1. The van der Waals surface area contributed by atoms with Crippen LogP contribution < -0.4 is 5.32 Å². The summed E-state index contributed by atoms with van der Waals surface area (Å²) in [5.74, 6) is 1.31. The Morgan fingerprint density at radius 2 is 1.87 bits per heavy atom. The van der Waals surface area contributed by atoms with Crippen LogP contribution in [-0.2, 0) is 10.5 Å². The molecule has 1 N–H and O–H groups in total. The molecule has 0 aliphatic heterocycles. The molecule has 2 aromatic carbocycles. The second-order valence-corrected chi connectivity index (χ2v) is 7.42. The quantitative estimate of drug-likeness (QED) is 0.686. The van der Waals surface area contributed by atoms with Gasteiger partial charge in [0.05, 0.1) is 11.8 Å². The van der Waals surface area contributed by atoms with Crippen LogP contribution in [0.25, 0.3) is 0 Å². The number of thioether (sulfide) groups is 2. The zero-order chi connectivity index (χ0) is 16.7. The molecule has 5 heteroatoms. The van der Waals surface area contributed by atoms with Crippen LogP contribution in [0.1, 0.15) is 24.1 Å². The predicted octanol–water partition coefficient (Wildman–Crippen LogP) is 5.17. The van der Waals surface area contributed by atoms with Gasteiger partial charge in [0.1, 0.15) is 0 Å². The molecule has 1 unspecified atom stereocenters. The van der Waals surface area contributed by atoms with Gasteiger partial charge in [-0.05, 0) is 42.5 Å². The lowest BCUT2D eigenvalue weighted by atomic mass is 10.1. The van der Waals surface area contributed by atoms with Crippen molar-refractivity contribution in [3.8, 4) is 0 Å². The van der Waals surface area contributed by atoms with Gasteiger partial charge < -0.3 is 5.32 Å². The molecule has 0 aromatic heterocycles. The first-order valence-electron chi connectivity index (χ1n) is 7.34. The zero-order valence-electron chi connectivity index (χ0n) is 13.2. The summed E-state index contributed by atoms with van der Waals surface area (Å²) in [5.41, 5.74) is 2.18. The molecule has 2 rings (SSSR count). The van der Waals surface area contributed by atoms with Gasteiger partial charge in [-0.1, -0.05) is 41.9 Å². The van der Waals surface area contributed by atoms with Crippen molar-refractivity contribution in [2.75, 3.05) is 12.0 Å². The largest absolute Gasteiger partial charge is 0.349 e. The van der Waals surface area contributed by atoms with Gasteiger partial charge in [-0.25, -0.2) is 0 Å². The highest BCUT2D eigenvalue weighted by Gasteiger charge is 2.12. The molecule has 0 aliphatic rings. The van der Waals surface area contributed by atoms with E-state index in [2.05, 4.69) is 35.8 Å². The lowest BCUT2D eigenvalue weighted by Gasteiger charge is -2.15. The topological polar surface area (TPSA) is 29.1 Å². The molecule has 0 aliphatic carbocycles. The van der Waals surface area contributed by atoms with E-state index in [0.717, 1.165) is 11.3 Å². The number of rotatable bonds is 7. The van der Waals surface area contributed by atoms with Crippen LogP contribution in [-0.4, -0.2) is 17.9 Å². The number of carbonyl (C=O) groups excluding carboxylic acids is 1. The SMILES string of the molecule is CSc1ccc(CSCC(=O)NC(C)c2ccccc2Cl)cc1. The summed E-state index contributed by atoms with van der Waals surface area (Å²) >= 11 is 9.50. The normalized spacial score (nSPS) is 12.0. The summed E-state index contributed by atoms with van der Waals surface area (Å²) < 4.78 is 0. The maximum atomic E-state index is 12.1. The van der Waals surface area contributed by atoms with E-state index in [1.807, 2.05) is 31.2 Å². The molecule has 1 amide bonds. The summed E-state index contributed by atoms with van der Waals surface area (Å²) in [6.45, 7) is 1.95. The molecule has 122 valence electrons. The third-order valence-corrected chi connectivity index (χ3v) is 5.50. The maximum absolute atomic E-state index is 12.1. The van der Waals surface area contributed by atoms with Gasteiger partial charge in [0.2, 0.25) is 5.91 Å². The predicted molar refractivity (Wildman–Crippen MR) is 102 cm³/mol. The number of hydrogen-bond acceptors (Lipinski definition) is 3. The Kier molecular flexibility index (Phi) is 7.34. The van der Waals surface area contributed by atoms with E-state index in [-0.39, 0.29) is 11.9 Å². The molecule has 0 saturated carbocycles. The smallest absolute Gasteiger partial charge is 0.230 e. The highest BCUT2D eigenvalue weighted by atomic mass is 35.5. The molecule has 0 bridgehead atoms. The fourth-order valence-corrected chi connectivity index (χ4v) is 3.68. The van der Waals surface area contributed by atoms with Crippen molar-refractivity contribution in [1.29, 1.82) is 0 Å². The molecule has 0 saturated heterocycles. The van der Waals surface area contributed by atoms with Crippen molar-refractivity contribution in [3.05, 3.63) is 64.7 Å². The number of halogens is 1. The summed E-state index contributed by atoms with van der Waals surface area (Å²) in [5, 5.41) is 3.68. The Morgan fingerprint density at radius 1 is 1.17 bits per heavy atom. The summed E-state index contributed by atoms with van der Waals surface area (Å²) in [7, 11) is 0. The van der Waals surface area contributed by atoms with E-state index in [1.165, 1.54) is 10.5 Å². The fraction of sp³-hybridized carbons (Fsp3) is 0.278. The lowest BCUT2D eigenvalue weighted by molar-refractivity contribution is -0.119. The highest BCUT2D eigenvalue weighted by molar-refractivity contribution is 7.99. The second-order valence-electron chi connectivity index (χ2n) is 5.15. The molecule has 0 fully saturated rings. The van der Waals surface area contributed by atoms with E-state index in [9.17, 15) is 4.79 Å². The number of benzene rings is 2. The van der Waals surface area contributed by atoms with Crippen molar-refractivity contribution >= 4 is 41.0 Å². The van der Waals surface area contributed by atoms with Gasteiger partial charge in [-0.2, -0.15) is 0 Å². The van der Waals surface area contributed by atoms with Gasteiger partial charge in [-0.3, -0.25) is 4.79 Å². The zero-order valence-corrected chi connectivity index (χ0v) is 15.6. The van der Waals surface area contributed by atoms with Crippen molar-refractivity contribution in [2.45, 2.75) is 23.6 Å². The minimum absolute atomic E-state index is 0.0307. The average Bonchev–Trinajstić information content (AvgIpc) is 2.55. The van der Waals surface area contributed by atoms with E-state index < -0.39 is 0 Å².